The zero-order valence-electron chi connectivity index (χ0n) is 11.1. The molecule has 1 saturated carbocycles. The van der Waals surface area contributed by atoms with E-state index in [1.54, 1.807) is 0 Å². The van der Waals surface area contributed by atoms with Crippen LogP contribution in [-0.4, -0.2) is 20.5 Å². The molecule has 0 amide bonds. The molecule has 0 saturated heterocycles. The van der Waals surface area contributed by atoms with Gasteiger partial charge in [0, 0.05) is 6.54 Å². The van der Waals surface area contributed by atoms with Crippen LogP contribution >= 0.6 is 0 Å². The molecule has 3 nitrogen and oxygen atoms in total. The van der Waals surface area contributed by atoms with Crippen molar-refractivity contribution in [2.24, 2.45) is 5.92 Å². The lowest BCUT2D eigenvalue weighted by molar-refractivity contribution is -0.0435. The van der Waals surface area contributed by atoms with Gasteiger partial charge in [0.25, 0.3) is 9.84 Å². The first-order chi connectivity index (χ1) is 9.72. The summed E-state index contributed by atoms with van der Waals surface area (Å²) in [7, 11) is -5.57. The van der Waals surface area contributed by atoms with Gasteiger partial charge in [-0.15, -0.1) is 0 Å². The van der Waals surface area contributed by atoms with Gasteiger partial charge in [0.1, 0.15) is 10.7 Å². The Balaban J connectivity index is 2.16. The molecule has 0 heterocycles. The first-order valence-electron chi connectivity index (χ1n) is 6.56. The number of alkyl halides is 3. The fourth-order valence-corrected chi connectivity index (χ4v) is 2.96. The van der Waals surface area contributed by atoms with E-state index in [0.29, 0.717) is 18.5 Å². The molecule has 0 aliphatic heterocycles. The van der Waals surface area contributed by atoms with E-state index in [-0.39, 0.29) is 5.69 Å². The average Bonchev–Trinajstić information content (AvgIpc) is 3.18. The maximum absolute atomic E-state index is 13.1. The highest BCUT2D eigenvalue weighted by Gasteiger charge is 2.48. The van der Waals surface area contributed by atoms with Crippen LogP contribution < -0.4 is 5.32 Å². The predicted molar refractivity (Wildman–Crippen MR) is 70.1 cm³/mol. The van der Waals surface area contributed by atoms with E-state index in [9.17, 15) is 26.0 Å². The lowest BCUT2D eigenvalue weighted by atomic mass is 10.2. The summed E-state index contributed by atoms with van der Waals surface area (Å²) < 4.78 is 73.8. The number of halogens is 4. The maximum Gasteiger partial charge on any atom is 0.501 e. The molecular formula is C13H15F4NO2S. The molecule has 0 radical (unpaired) electrons. The number of nitrogens with one attached hydrogen (secondary N) is 1. The second-order valence-corrected chi connectivity index (χ2v) is 7.01. The molecule has 1 aliphatic rings. The molecule has 0 aromatic heterocycles. The Hall–Kier alpha value is -1.31. The molecule has 0 bridgehead atoms. The third-order valence-corrected chi connectivity index (χ3v) is 4.87. The number of hydrogen-bond donors (Lipinski definition) is 1. The lowest BCUT2D eigenvalue weighted by Gasteiger charge is -2.14. The van der Waals surface area contributed by atoms with Crippen molar-refractivity contribution < 1.29 is 26.0 Å². The van der Waals surface area contributed by atoms with Gasteiger partial charge in [-0.3, -0.25) is 0 Å². The summed E-state index contributed by atoms with van der Waals surface area (Å²) in [6.45, 7) is 0.350. The van der Waals surface area contributed by atoms with Gasteiger partial charge in [-0.2, -0.15) is 13.2 Å². The first kappa shape index (κ1) is 16.1. The van der Waals surface area contributed by atoms with Crippen molar-refractivity contribution in [2.45, 2.75) is 36.1 Å². The lowest BCUT2D eigenvalue weighted by Crippen LogP contribution is -2.24. The Bertz CT molecular complexity index is 609. The molecule has 1 aromatic rings. The van der Waals surface area contributed by atoms with E-state index < -0.39 is 26.1 Å². The van der Waals surface area contributed by atoms with Crippen molar-refractivity contribution in [2.75, 3.05) is 11.9 Å². The number of hydrogen-bond acceptors (Lipinski definition) is 3. The van der Waals surface area contributed by atoms with Crippen LogP contribution in [0.1, 0.15) is 25.7 Å². The number of rotatable bonds is 6. The quantitative estimate of drug-likeness (QED) is 0.640. The molecule has 118 valence electrons. The minimum absolute atomic E-state index is 0.218. The van der Waals surface area contributed by atoms with Crippen molar-refractivity contribution >= 4 is 15.5 Å². The van der Waals surface area contributed by atoms with E-state index in [4.69, 9.17) is 0 Å². The van der Waals surface area contributed by atoms with Gasteiger partial charge in [0.2, 0.25) is 0 Å². The van der Waals surface area contributed by atoms with Crippen molar-refractivity contribution in [3.63, 3.8) is 0 Å². The Labute approximate surface area is 120 Å². The first-order valence-corrected chi connectivity index (χ1v) is 8.05. The molecule has 8 heteroatoms. The number of benzene rings is 1. The molecular weight excluding hydrogens is 310 g/mol. The van der Waals surface area contributed by atoms with Gasteiger partial charge < -0.3 is 5.32 Å². The van der Waals surface area contributed by atoms with Crippen LogP contribution in [0.4, 0.5) is 23.2 Å². The summed E-state index contributed by atoms with van der Waals surface area (Å²) in [6.07, 6.45) is 4.03. The summed E-state index contributed by atoms with van der Waals surface area (Å²) in [5.74, 6) is -0.347. The Morgan fingerprint density at radius 1 is 1.24 bits per heavy atom. The Morgan fingerprint density at radius 3 is 2.48 bits per heavy atom. The molecule has 0 spiro atoms. The van der Waals surface area contributed by atoms with Crippen LogP contribution in [0, 0.1) is 11.7 Å². The van der Waals surface area contributed by atoms with Gasteiger partial charge in [-0.05, 0) is 37.0 Å². The third-order valence-electron chi connectivity index (χ3n) is 3.34. The topological polar surface area (TPSA) is 46.2 Å². The third kappa shape index (κ3) is 3.87. The number of anilines is 1. The smallest absolute Gasteiger partial charge is 0.384 e. The van der Waals surface area contributed by atoms with Crippen LogP contribution in [0.25, 0.3) is 0 Å². The Kier molecular flexibility index (Phi) is 4.46. The van der Waals surface area contributed by atoms with Crippen molar-refractivity contribution in [1.29, 1.82) is 0 Å². The summed E-state index contributed by atoms with van der Waals surface area (Å²) in [5.41, 5.74) is -5.67. The monoisotopic (exact) mass is 325 g/mol. The molecule has 2 rings (SSSR count). The van der Waals surface area contributed by atoms with Gasteiger partial charge in [0.05, 0.1) is 5.69 Å². The molecule has 1 N–H and O–H groups in total. The largest absolute Gasteiger partial charge is 0.501 e. The maximum atomic E-state index is 13.1. The van der Waals surface area contributed by atoms with Crippen molar-refractivity contribution in [1.82, 2.24) is 0 Å². The average molecular weight is 325 g/mol. The highest BCUT2D eigenvalue weighted by Crippen LogP contribution is 2.35. The summed E-state index contributed by atoms with van der Waals surface area (Å²) in [4.78, 5) is -1.07. The van der Waals surface area contributed by atoms with Crippen molar-refractivity contribution in [3.05, 3.63) is 24.0 Å². The van der Waals surface area contributed by atoms with Crippen LogP contribution in [-0.2, 0) is 9.84 Å². The number of sulfone groups is 1. The van der Waals surface area contributed by atoms with Crippen LogP contribution in [0.2, 0.25) is 0 Å². The minimum Gasteiger partial charge on any atom is -0.384 e. The second kappa shape index (κ2) is 5.82. The second-order valence-electron chi connectivity index (χ2n) is 5.10. The van der Waals surface area contributed by atoms with Gasteiger partial charge in [-0.25, -0.2) is 12.8 Å². The molecule has 0 atom stereocenters. The molecule has 1 fully saturated rings. The van der Waals surface area contributed by atoms with E-state index in [0.717, 1.165) is 25.0 Å². The van der Waals surface area contributed by atoms with E-state index >= 15 is 0 Å². The van der Waals surface area contributed by atoms with E-state index in [2.05, 4.69) is 5.32 Å². The minimum atomic E-state index is -5.57. The zero-order chi connectivity index (χ0) is 15.7. The summed E-state index contributed by atoms with van der Waals surface area (Å²) in [6, 6.07) is 2.34. The molecule has 21 heavy (non-hydrogen) atoms. The van der Waals surface area contributed by atoms with E-state index in [1.807, 2.05) is 0 Å². The fourth-order valence-electron chi connectivity index (χ4n) is 2.01. The van der Waals surface area contributed by atoms with Crippen molar-refractivity contribution in [3.8, 4) is 0 Å². The standard InChI is InChI=1S/C13H15F4NO2S/c14-10-5-6-11(18-7-1-2-9-3-4-9)12(8-10)21(19,20)13(15,16)17/h5-6,8-9,18H,1-4,7H2. The highest BCUT2D eigenvalue weighted by atomic mass is 32.2. The van der Waals surface area contributed by atoms with E-state index in [1.165, 1.54) is 12.8 Å². The molecule has 1 aliphatic carbocycles. The van der Waals surface area contributed by atoms with Gasteiger partial charge in [0.15, 0.2) is 0 Å². The summed E-state index contributed by atoms with van der Waals surface area (Å²) in [5, 5.41) is 2.66. The predicted octanol–water partition coefficient (Wildman–Crippen LogP) is 3.72. The zero-order valence-corrected chi connectivity index (χ0v) is 11.9. The summed E-state index contributed by atoms with van der Waals surface area (Å²) >= 11 is 0. The Morgan fingerprint density at radius 2 is 1.90 bits per heavy atom. The van der Waals surface area contributed by atoms with Crippen LogP contribution in [0.3, 0.4) is 0 Å². The molecule has 0 unspecified atom stereocenters. The highest BCUT2D eigenvalue weighted by molar-refractivity contribution is 7.92. The van der Waals surface area contributed by atoms with Gasteiger partial charge >= 0.3 is 5.51 Å². The van der Waals surface area contributed by atoms with Crippen LogP contribution in [0.5, 0.6) is 0 Å². The van der Waals surface area contributed by atoms with Crippen LogP contribution in [0.15, 0.2) is 23.1 Å². The fraction of sp³-hybridized carbons (Fsp3) is 0.538. The molecule has 1 aromatic carbocycles. The van der Waals surface area contributed by atoms with Gasteiger partial charge in [-0.1, -0.05) is 12.8 Å². The normalized spacial score (nSPS) is 16.0. The SMILES string of the molecule is O=S(=O)(c1cc(F)ccc1NCCCC1CC1)C(F)(F)F.